The molecule has 0 aromatic carbocycles. The van der Waals surface area contributed by atoms with E-state index in [4.69, 9.17) is 34.2 Å². The molecule has 0 aromatic rings. The molecule has 0 aliphatic heterocycles. The Bertz CT molecular complexity index is 40.2. The fourth-order valence-electron chi connectivity index (χ4n) is 0. The second-order valence-corrected chi connectivity index (χ2v) is 1.34. The SMILES string of the molecule is C=O.[O-]P([O-])[O-].[O-]P([O-])[O-].[Rh]. The number of rotatable bonds is 0. The first-order valence-corrected chi connectivity index (χ1v) is 3.58. The van der Waals surface area contributed by atoms with E-state index in [-0.39, 0.29) is 19.5 Å². The van der Waals surface area contributed by atoms with Crippen LogP contribution in [0, 0.1) is 0 Å². The molecule has 73 valence electrons. The molecule has 11 heavy (non-hydrogen) atoms. The van der Waals surface area contributed by atoms with Crippen LogP contribution < -0.4 is 29.4 Å². The van der Waals surface area contributed by atoms with Crippen molar-refractivity contribution in [2.45, 2.75) is 0 Å². The molecule has 0 rings (SSSR count). The molecule has 0 amide bonds. The summed E-state index contributed by atoms with van der Waals surface area (Å²) in [6.07, 6.45) is 0. The molecule has 0 heterocycles. The predicted molar refractivity (Wildman–Crippen MR) is 21.0 cm³/mol. The summed E-state index contributed by atoms with van der Waals surface area (Å²) < 4.78 is 0. The van der Waals surface area contributed by atoms with Crippen LogP contribution in [0.1, 0.15) is 0 Å². The van der Waals surface area contributed by atoms with E-state index in [0.717, 1.165) is 0 Å². The molecule has 0 saturated carbocycles. The van der Waals surface area contributed by atoms with Crippen LogP contribution in [0.3, 0.4) is 0 Å². The summed E-state index contributed by atoms with van der Waals surface area (Å²) in [7, 11) is -6.74. The third kappa shape index (κ3) is 1040. The molecule has 10 heteroatoms. The Kier molecular flexibility index (Phi) is 46.2. The largest absolute Gasteiger partial charge is 0.854 e. The van der Waals surface area contributed by atoms with E-state index in [9.17, 15) is 0 Å². The van der Waals surface area contributed by atoms with Gasteiger partial charge in [-0.1, -0.05) is 0 Å². The predicted octanol–water partition coefficient (Wildman–Crippen LogP) is -5.60. The van der Waals surface area contributed by atoms with Crippen LogP contribution in [0.5, 0.6) is 0 Å². The summed E-state index contributed by atoms with van der Waals surface area (Å²) in [5.41, 5.74) is 0. The Morgan fingerprint density at radius 2 is 0.727 bits per heavy atom. The number of hydrogen-bond donors (Lipinski definition) is 0. The summed E-state index contributed by atoms with van der Waals surface area (Å²) in [4.78, 5) is 58.9. The van der Waals surface area contributed by atoms with Gasteiger partial charge in [0.15, 0.2) is 0 Å². The zero-order valence-corrected chi connectivity index (χ0v) is 8.22. The smallest absolute Gasteiger partial charge is 0.106 e. The first-order valence-electron chi connectivity index (χ1n) is 1.38. The van der Waals surface area contributed by atoms with Crippen molar-refractivity contribution in [3.63, 3.8) is 0 Å². The van der Waals surface area contributed by atoms with Crippen molar-refractivity contribution in [3.8, 4) is 0 Å². The summed E-state index contributed by atoms with van der Waals surface area (Å²) in [5.74, 6) is 0. The zero-order valence-electron chi connectivity index (χ0n) is 4.79. The van der Waals surface area contributed by atoms with Gasteiger partial charge in [0.25, 0.3) is 0 Å². The summed E-state index contributed by atoms with van der Waals surface area (Å²) in [5, 5.41) is 0. The van der Waals surface area contributed by atoms with E-state index < -0.39 is 17.2 Å². The minimum atomic E-state index is -3.37. The molecule has 0 atom stereocenters. The van der Waals surface area contributed by atoms with Crippen LogP contribution in [0.4, 0.5) is 0 Å². The van der Waals surface area contributed by atoms with E-state index in [1.165, 1.54) is 0 Å². The van der Waals surface area contributed by atoms with Crippen LogP contribution in [0.2, 0.25) is 0 Å². The molecule has 7 nitrogen and oxygen atoms in total. The number of hydrogen-bond acceptors (Lipinski definition) is 7. The van der Waals surface area contributed by atoms with Crippen LogP contribution in [-0.2, 0) is 24.3 Å². The fourth-order valence-corrected chi connectivity index (χ4v) is 0. The zero-order chi connectivity index (χ0) is 9.15. The van der Waals surface area contributed by atoms with Gasteiger partial charge >= 0.3 is 0 Å². The third-order valence-corrected chi connectivity index (χ3v) is 0. The minimum Gasteiger partial charge on any atom is -0.854 e. The van der Waals surface area contributed by atoms with Gasteiger partial charge in [0.2, 0.25) is 0 Å². The first-order chi connectivity index (χ1) is 4.46. The second kappa shape index (κ2) is 22.4. The van der Waals surface area contributed by atoms with Crippen LogP contribution in [0.15, 0.2) is 0 Å². The second-order valence-electron chi connectivity index (χ2n) is 0.447. The maximum atomic E-state index is 8.48. The van der Waals surface area contributed by atoms with Crippen LogP contribution in [0.25, 0.3) is 0 Å². The summed E-state index contributed by atoms with van der Waals surface area (Å²) >= 11 is 0. The van der Waals surface area contributed by atoms with E-state index in [1.807, 2.05) is 6.79 Å². The molecule has 0 fully saturated rings. The Hall–Kier alpha value is 0.913. The van der Waals surface area contributed by atoms with Gasteiger partial charge in [-0.15, -0.1) is 0 Å². The Balaban J connectivity index is -0.0000000339. The Morgan fingerprint density at radius 1 is 0.727 bits per heavy atom. The van der Waals surface area contributed by atoms with Crippen molar-refractivity contribution in [1.29, 1.82) is 0 Å². The van der Waals surface area contributed by atoms with Gasteiger partial charge in [-0.25, -0.2) is 0 Å². The minimum absolute atomic E-state index is 0. The average molecular weight is 291 g/mol. The Labute approximate surface area is 78.1 Å². The van der Waals surface area contributed by atoms with Crippen molar-refractivity contribution in [2.24, 2.45) is 0 Å². The monoisotopic (exact) mass is 291 g/mol. The van der Waals surface area contributed by atoms with Crippen molar-refractivity contribution in [3.05, 3.63) is 0 Å². The molecule has 0 N–H and O–H groups in total. The molecule has 0 saturated heterocycles. The van der Waals surface area contributed by atoms with Gasteiger partial charge in [0.1, 0.15) is 6.79 Å². The standard InChI is InChI=1S/CH2O.2O3P.Rh/c1-2;2*1-4(2)3;/h1H2;;;/q;2*-3;. The van der Waals surface area contributed by atoms with Crippen molar-refractivity contribution < 1.29 is 53.6 Å². The molecule has 0 aliphatic rings. The molecule has 0 bridgehead atoms. The quantitative estimate of drug-likeness (QED) is 0.318. The maximum absolute atomic E-state index is 8.48. The molecule has 0 spiro atoms. The van der Waals surface area contributed by atoms with Crippen LogP contribution >= 0.6 is 17.2 Å². The summed E-state index contributed by atoms with van der Waals surface area (Å²) in [6.45, 7) is 2.00. The van der Waals surface area contributed by atoms with Crippen molar-refractivity contribution >= 4 is 24.0 Å². The molecule has 0 unspecified atom stereocenters. The molecular weight excluding hydrogens is 289 g/mol. The molecular formula is CH2O7P2Rh-6. The van der Waals surface area contributed by atoms with Crippen molar-refractivity contribution in [1.82, 2.24) is 0 Å². The Morgan fingerprint density at radius 3 is 0.727 bits per heavy atom. The molecule has 0 aliphatic carbocycles. The summed E-state index contributed by atoms with van der Waals surface area (Å²) in [6, 6.07) is 0. The molecule has 0 aromatic heterocycles. The van der Waals surface area contributed by atoms with Gasteiger partial charge in [0, 0.05) is 19.5 Å². The van der Waals surface area contributed by atoms with E-state index in [1.54, 1.807) is 0 Å². The van der Waals surface area contributed by atoms with Gasteiger partial charge in [-0.2, -0.15) is 0 Å². The van der Waals surface area contributed by atoms with Gasteiger partial charge in [0.05, 0.1) is 0 Å². The molecule has 1 radical (unpaired) electrons. The first kappa shape index (κ1) is 22.7. The normalized spacial score (nSPS) is 6.91. The van der Waals surface area contributed by atoms with Crippen molar-refractivity contribution in [2.75, 3.05) is 0 Å². The number of carbonyl (C=O) groups excluding carboxylic acids is 1. The van der Waals surface area contributed by atoms with Crippen LogP contribution in [-0.4, -0.2) is 6.79 Å². The van der Waals surface area contributed by atoms with E-state index in [2.05, 4.69) is 0 Å². The van der Waals surface area contributed by atoms with E-state index >= 15 is 0 Å². The fraction of sp³-hybridized carbons (Fsp3) is 0. The van der Waals surface area contributed by atoms with Gasteiger partial charge in [-0.3, -0.25) is 0 Å². The van der Waals surface area contributed by atoms with Gasteiger partial charge < -0.3 is 51.4 Å². The average Bonchev–Trinajstić information content (AvgIpc) is 1.66. The maximum Gasteiger partial charge on any atom is 0.106 e. The number of carbonyl (C=O) groups is 1. The third-order valence-electron chi connectivity index (χ3n) is 0. The van der Waals surface area contributed by atoms with E-state index in [0.29, 0.717) is 0 Å². The van der Waals surface area contributed by atoms with Gasteiger partial charge in [-0.05, 0) is 0 Å². The topological polar surface area (TPSA) is 155 Å².